The molecule has 0 spiro atoms. The molecule has 10 heavy (non-hydrogen) atoms. The molecule has 0 aromatic rings. The number of aliphatic hydroxyl groups is 1. The van der Waals surface area contributed by atoms with Crippen LogP contribution in [0.4, 0.5) is 0 Å². The normalized spacial score (nSPS) is 50.6. The molecule has 0 amide bonds. The molecular formula is C8H12O2. The number of hydrogen-bond acceptors (Lipinski definition) is 2. The maximum Gasteiger partial charge on any atom is 0.0848 e. The van der Waals surface area contributed by atoms with Gasteiger partial charge in [-0.15, -0.1) is 0 Å². The number of rotatable bonds is 1. The maximum atomic E-state index is 8.89. The van der Waals surface area contributed by atoms with E-state index in [9.17, 15) is 0 Å². The highest BCUT2D eigenvalue weighted by Gasteiger charge is 2.44. The third-order valence-corrected chi connectivity index (χ3v) is 2.41. The van der Waals surface area contributed by atoms with Gasteiger partial charge in [-0.2, -0.15) is 0 Å². The molecule has 3 unspecified atom stereocenters. The van der Waals surface area contributed by atoms with E-state index >= 15 is 0 Å². The van der Waals surface area contributed by atoms with Crippen molar-refractivity contribution in [1.82, 2.24) is 0 Å². The fourth-order valence-corrected chi connectivity index (χ4v) is 1.86. The Morgan fingerprint density at radius 1 is 1.80 bits per heavy atom. The number of hydrogen-bond donors (Lipinski definition) is 1. The fourth-order valence-electron chi connectivity index (χ4n) is 1.86. The summed E-state index contributed by atoms with van der Waals surface area (Å²) in [4.78, 5) is 0. The quantitative estimate of drug-likeness (QED) is 0.543. The molecule has 0 radical (unpaired) electrons. The molecule has 0 aromatic carbocycles. The maximum absolute atomic E-state index is 8.89. The molecule has 0 saturated carbocycles. The summed E-state index contributed by atoms with van der Waals surface area (Å²) >= 11 is 0. The summed E-state index contributed by atoms with van der Waals surface area (Å²) < 4.78 is 5.59. The zero-order valence-corrected chi connectivity index (χ0v) is 6.08. The van der Waals surface area contributed by atoms with E-state index in [1.807, 2.05) is 0 Å². The second-order valence-corrected chi connectivity index (χ2v) is 3.40. The van der Waals surface area contributed by atoms with Gasteiger partial charge in [0.2, 0.25) is 0 Å². The monoisotopic (exact) mass is 140 g/mol. The average molecular weight is 140 g/mol. The number of ether oxygens (including phenoxy) is 1. The smallest absolute Gasteiger partial charge is 0.0848 e. The van der Waals surface area contributed by atoms with E-state index in [-0.39, 0.29) is 18.3 Å². The second-order valence-electron chi connectivity index (χ2n) is 3.40. The summed E-state index contributed by atoms with van der Waals surface area (Å²) in [5.41, 5.74) is -0.0575. The Morgan fingerprint density at radius 2 is 2.60 bits per heavy atom. The molecule has 2 rings (SSSR count). The van der Waals surface area contributed by atoms with Crippen molar-refractivity contribution in [3.8, 4) is 0 Å². The summed E-state index contributed by atoms with van der Waals surface area (Å²) in [6, 6.07) is 0. The molecule has 2 nitrogen and oxygen atoms in total. The summed E-state index contributed by atoms with van der Waals surface area (Å²) in [5.74, 6) is 0.343. The molecule has 2 aliphatic heterocycles. The Balaban J connectivity index is 2.18. The lowest BCUT2D eigenvalue weighted by Gasteiger charge is -2.15. The minimum Gasteiger partial charge on any atom is -0.396 e. The van der Waals surface area contributed by atoms with E-state index in [0.29, 0.717) is 5.92 Å². The first-order valence-electron chi connectivity index (χ1n) is 3.71. The Morgan fingerprint density at radius 3 is 2.90 bits per heavy atom. The highest BCUT2D eigenvalue weighted by atomic mass is 16.5. The van der Waals surface area contributed by atoms with Crippen molar-refractivity contribution in [2.75, 3.05) is 6.61 Å². The molecule has 2 heterocycles. The second kappa shape index (κ2) is 1.83. The molecular weight excluding hydrogens is 128 g/mol. The van der Waals surface area contributed by atoms with Crippen molar-refractivity contribution in [3.05, 3.63) is 12.2 Å². The van der Waals surface area contributed by atoms with Crippen molar-refractivity contribution in [1.29, 1.82) is 0 Å². The summed E-state index contributed by atoms with van der Waals surface area (Å²) in [6.07, 6.45) is 5.33. The lowest BCUT2D eigenvalue weighted by molar-refractivity contribution is 0.0378. The molecule has 3 atom stereocenters. The van der Waals surface area contributed by atoms with Gasteiger partial charge in [-0.1, -0.05) is 12.2 Å². The van der Waals surface area contributed by atoms with Crippen LogP contribution in [0.3, 0.4) is 0 Å². The van der Waals surface area contributed by atoms with Crippen LogP contribution in [0.15, 0.2) is 12.2 Å². The standard InChI is InChI=1S/C8H12O2/c1-8-3-2-7(10-8)6(4-8)5-9/h2-3,6-7,9H,4-5H2,1H3. The Hall–Kier alpha value is -0.340. The highest BCUT2D eigenvalue weighted by Crippen LogP contribution is 2.41. The van der Waals surface area contributed by atoms with Gasteiger partial charge in [-0.3, -0.25) is 0 Å². The van der Waals surface area contributed by atoms with Crippen LogP contribution >= 0.6 is 0 Å². The van der Waals surface area contributed by atoms with Crippen LogP contribution in [0.2, 0.25) is 0 Å². The first-order chi connectivity index (χ1) is 4.73. The lowest BCUT2D eigenvalue weighted by Crippen LogP contribution is -2.19. The van der Waals surface area contributed by atoms with Crippen molar-refractivity contribution in [2.45, 2.75) is 25.0 Å². The van der Waals surface area contributed by atoms with Gasteiger partial charge < -0.3 is 9.84 Å². The van der Waals surface area contributed by atoms with Crippen LogP contribution in [0.25, 0.3) is 0 Å². The SMILES string of the molecule is CC12C=CC(O1)C(CO)C2. The third-order valence-electron chi connectivity index (χ3n) is 2.41. The third kappa shape index (κ3) is 0.724. The minimum atomic E-state index is -0.0575. The van der Waals surface area contributed by atoms with Gasteiger partial charge in [-0.25, -0.2) is 0 Å². The van der Waals surface area contributed by atoms with E-state index in [1.165, 1.54) is 0 Å². The zero-order valence-electron chi connectivity index (χ0n) is 6.08. The van der Waals surface area contributed by atoms with E-state index in [2.05, 4.69) is 19.1 Å². The lowest BCUT2D eigenvalue weighted by atomic mass is 9.88. The summed E-state index contributed by atoms with van der Waals surface area (Å²) in [5, 5.41) is 8.89. The van der Waals surface area contributed by atoms with Gasteiger partial charge in [0.15, 0.2) is 0 Å². The topological polar surface area (TPSA) is 29.5 Å². The van der Waals surface area contributed by atoms with Gasteiger partial charge in [0.25, 0.3) is 0 Å². The molecule has 0 aliphatic carbocycles. The molecule has 56 valence electrons. The van der Waals surface area contributed by atoms with Gasteiger partial charge in [0.1, 0.15) is 0 Å². The van der Waals surface area contributed by atoms with Gasteiger partial charge in [-0.05, 0) is 13.3 Å². The zero-order chi connectivity index (χ0) is 7.19. The molecule has 2 aliphatic rings. The molecule has 2 bridgehead atoms. The predicted octanol–water partition coefficient (Wildman–Crippen LogP) is 0.712. The van der Waals surface area contributed by atoms with Crippen LogP contribution < -0.4 is 0 Å². The van der Waals surface area contributed by atoms with E-state index in [1.54, 1.807) is 0 Å². The largest absolute Gasteiger partial charge is 0.396 e. The summed E-state index contributed by atoms with van der Waals surface area (Å²) in [6.45, 7) is 2.32. The van der Waals surface area contributed by atoms with Crippen LogP contribution in [0.1, 0.15) is 13.3 Å². The molecule has 1 fully saturated rings. The first-order valence-corrected chi connectivity index (χ1v) is 3.71. The van der Waals surface area contributed by atoms with Crippen molar-refractivity contribution in [2.24, 2.45) is 5.92 Å². The van der Waals surface area contributed by atoms with E-state index in [0.717, 1.165) is 6.42 Å². The minimum absolute atomic E-state index is 0.0575. The van der Waals surface area contributed by atoms with E-state index in [4.69, 9.17) is 9.84 Å². The van der Waals surface area contributed by atoms with Crippen molar-refractivity contribution < 1.29 is 9.84 Å². The van der Waals surface area contributed by atoms with Gasteiger partial charge >= 0.3 is 0 Å². The molecule has 2 heteroatoms. The van der Waals surface area contributed by atoms with E-state index < -0.39 is 0 Å². The van der Waals surface area contributed by atoms with Crippen LogP contribution in [0.5, 0.6) is 0 Å². The summed E-state index contributed by atoms with van der Waals surface area (Å²) in [7, 11) is 0. The Kier molecular flexibility index (Phi) is 1.17. The Bertz CT molecular complexity index is 176. The Labute approximate surface area is 60.5 Å². The number of aliphatic hydroxyl groups excluding tert-OH is 1. The van der Waals surface area contributed by atoms with Gasteiger partial charge in [0, 0.05) is 12.5 Å². The highest BCUT2D eigenvalue weighted by molar-refractivity contribution is 5.17. The molecule has 1 saturated heterocycles. The van der Waals surface area contributed by atoms with Gasteiger partial charge in [0.05, 0.1) is 11.7 Å². The molecule has 0 aromatic heterocycles. The van der Waals surface area contributed by atoms with Crippen LogP contribution in [-0.2, 0) is 4.74 Å². The average Bonchev–Trinajstić information content (AvgIpc) is 2.41. The molecule has 1 N–H and O–H groups in total. The predicted molar refractivity (Wildman–Crippen MR) is 37.6 cm³/mol. The van der Waals surface area contributed by atoms with Crippen LogP contribution in [-0.4, -0.2) is 23.4 Å². The number of fused-ring (bicyclic) bond motifs is 2. The first kappa shape index (κ1) is 6.38. The fraction of sp³-hybridized carbons (Fsp3) is 0.750. The van der Waals surface area contributed by atoms with Crippen molar-refractivity contribution >= 4 is 0 Å². The van der Waals surface area contributed by atoms with Crippen LogP contribution in [0, 0.1) is 5.92 Å². The van der Waals surface area contributed by atoms with Crippen molar-refractivity contribution in [3.63, 3.8) is 0 Å².